The largest absolute Gasteiger partial charge is 0.494 e. The van der Waals surface area contributed by atoms with Crippen molar-refractivity contribution in [1.29, 1.82) is 0 Å². The molecule has 4 rings (SSSR count). The molecule has 1 aliphatic rings. The fourth-order valence-corrected chi connectivity index (χ4v) is 5.08. The Bertz CT molecular complexity index is 1430. The van der Waals surface area contributed by atoms with Gasteiger partial charge in [-0.15, -0.1) is 0 Å². The molecule has 0 saturated carbocycles. The highest BCUT2D eigenvalue weighted by Gasteiger charge is 2.29. The molecule has 1 N–H and O–H groups in total. The third kappa shape index (κ3) is 6.54. The highest BCUT2D eigenvalue weighted by Crippen LogP contribution is 2.37. The molecule has 1 aliphatic heterocycles. The van der Waals surface area contributed by atoms with Crippen molar-refractivity contribution in [2.75, 3.05) is 51.8 Å². The Hall–Kier alpha value is -3.91. The number of methoxy groups -OCH3 is 1. The topological polar surface area (TPSA) is 88.2 Å². The molecule has 2 amide bonds. The lowest BCUT2D eigenvalue weighted by atomic mass is 9.85. The molecule has 1 heterocycles. The molecule has 1 saturated heterocycles. The van der Waals surface area contributed by atoms with Crippen molar-refractivity contribution in [2.24, 2.45) is 0 Å². The molecular weight excluding hydrogens is 518 g/mol. The molecule has 0 aliphatic carbocycles. The van der Waals surface area contributed by atoms with Gasteiger partial charge >= 0.3 is 0 Å². The maximum Gasteiger partial charge on any atom is 0.296 e. The first-order valence-electron chi connectivity index (χ1n) is 14.3. The number of ketones is 1. The van der Waals surface area contributed by atoms with Gasteiger partial charge in [0.05, 0.1) is 25.0 Å². The predicted octanol–water partition coefficient (Wildman–Crippen LogP) is 5.53. The van der Waals surface area contributed by atoms with Gasteiger partial charge in [0.15, 0.2) is 5.75 Å². The van der Waals surface area contributed by atoms with E-state index < -0.39 is 11.7 Å². The van der Waals surface area contributed by atoms with Crippen molar-refractivity contribution >= 4 is 34.1 Å². The lowest BCUT2D eigenvalue weighted by molar-refractivity contribution is -0.112. The third-order valence-corrected chi connectivity index (χ3v) is 7.54. The van der Waals surface area contributed by atoms with Crippen molar-refractivity contribution in [3.05, 3.63) is 65.2 Å². The number of fused-ring (bicyclic) bond motifs is 1. The number of ether oxygens (including phenoxy) is 2. The molecule has 3 aromatic rings. The summed E-state index contributed by atoms with van der Waals surface area (Å²) in [6.45, 7) is 14.6. The quantitative estimate of drug-likeness (QED) is 0.274. The summed E-state index contributed by atoms with van der Waals surface area (Å²) >= 11 is 0. The number of benzene rings is 3. The van der Waals surface area contributed by atoms with Gasteiger partial charge in [0.2, 0.25) is 0 Å². The standard InChI is InChI=1S/C33H41N3O5/c1-7-19-41-28-14-13-25(23-11-9-10-12-24(23)28)29(37)31(38)34-27-21-22(33(3,4)5)20-26(30(27)40-6)32(39)36-17-15-35(8-2)16-18-36/h9-14,20-21H,7-8,15-19H2,1-6H3,(H,34,38). The maximum atomic E-state index is 13.7. The molecule has 8 heteroatoms. The van der Waals surface area contributed by atoms with Gasteiger partial charge in [-0.25, -0.2) is 0 Å². The van der Waals surface area contributed by atoms with Crippen LogP contribution in [0.15, 0.2) is 48.5 Å². The number of carbonyl (C=O) groups excluding carboxylic acids is 3. The monoisotopic (exact) mass is 559 g/mol. The molecule has 1 fully saturated rings. The first kappa shape index (κ1) is 30.1. The molecule has 0 aromatic heterocycles. The van der Waals surface area contributed by atoms with Gasteiger partial charge in [0.25, 0.3) is 17.6 Å². The van der Waals surface area contributed by atoms with E-state index in [0.717, 1.165) is 37.0 Å². The second-order valence-electron chi connectivity index (χ2n) is 11.4. The summed E-state index contributed by atoms with van der Waals surface area (Å²) in [6.07, 6.45) is 0.853. The lowest BCUT2D eigenvalue weighted by Crippen LogP contribution is -2.48. The molecule has 41 heavy (non-hydrogen) atoms. The molecule has 0 bridgehead atoms. The van der Waals surface area contributed by atoms with Crippen LogP contribution in [0.2, 0.25) is 0 Å². The van der Waals surface area contributed by atoms with Crippen LogP contribution >= 0.6 is 0 Å². The predicted molar refractivity (Wildman–Crippen MR) is 162 cm³/mol. The van der Waals surface area contributed by atoms with E-state index in [2.05, 4.69) is 17.1 Å². The highest BCUT2D eigenvalue weighted by molar-refractivity contribution is 6.48. The number of nitrogens with one attached hydrogen (secondary N) is 1. The lowest BCUT2D eigenvalue weighted by Gasteiger charge is -2.34. The van der Waals surface area contributed by atoms with Crippen LogP contribution in [0.1, 0.15) is 67.3 Å². The second-order valence-corrected chi connectivity index (χ2v) is 11.4. The van der Waals surface area contributed by atoms with Crippen LogP contribution in [-0.4, -0.2) is 73.8 Å². The number of anilines is 1. The Balaban J connectivity index is 1.69. The molecule has 0 spiro atoms. The molecule has 8 nitrogen and oxygen atoms in total. The first-order chi connectivity index (χ1) is 19.6. The number of likely N-dealkylation sites (N-methyl/N-ethyl adjacent to an activating group) is 1. The fourth-order valence-electron chi connectivity index (χ4n) is 5.08. The van der Waals surface area contributed by atoms with Crippen molar-refractivity contribution in [3.63, 3.8) is 0 Å². The average molecular weight is 560 g/mol. The highest BCUT2D eigenvalue weighted by atomic mass is 16.5. The fraction of sp³-hybridized carbons (Fsp3) is 0.424. The molecule has 218 valence electrons. The Morgan fingerprint density at radius 2 is 1.59 bits per heavy atom. The molecular formula is C33H41N3O5. The van der Waals surface area contributed by atoms with Crippen molar-refractivity contribution in [2.45, 2.75) is 46.5 Å². The van der Waals surface area contributed by atoms with E-state index in [9.17, 15) is 14.4 Å². The van der Waals surface area contributed by atoms with Gasteiger partial charge in [-0.2, -0.15) is 0 Å². The van der Waals surface area contributed by atoms with Gasteiger partial charge in [-0.3, -0.25) is 14.4 Å². The molecule has 0 atom stereocenters. The number of rotatable bonds is 9. The van der Waals surface area contributed by atoms with E-state index in [1.807, 2.05) is 62.9 Å². The minimum atomic E-state index is -0.809. The number of amides is 2. The van der Waals surface area contributed by atoms with Crippen LogP contribution < -0.4 is 14.8 Å². The van der Waals surface area contributed by atoms with Crippen molar-refractivity contribution in [1.82, 2.24) is 9.80 Å². The average Bonchev–Trinajstić information content (AvgIpc) is 2.98. The number of hydrogen-bond acceptors (Lipinski definition) is 6. The maximum absolute atomic E-state index is 13.7. The smallest absolute Gasteiger partial charge is 0.296 e. The van der Waals surface area contributed by atoms with Crippen LogP contribution in [0.4, 0.5) is 5.69 Å². The van der Waals surface area contributed by atoms with Crippen molar-refractivity contribution in [3.8, 4) is 11.5 Å². The summed E-state index contributed by atoms with van der Waals surface area (Å²) in [5.41, 5.74) is 1.46. The Labute approximate surface area is 242 Å². The number of nitrogens with zero attached hydrogens (tertiary/aromatic N) is 2. The SMILES string of the molecule is CCCOc1ccc(C(=O)C(=O)Nc2cc(C(C)(C)C)cc(C(=O)N3CCN(CC)CC3)c2OC)c2ccccc12. The normalized spacial score (nSPS) is 14.1. The Kier molecular flexibility index (Phi) is 9.33. The summed E-state index contributed by atoms with van der Waals surface area (Å²) in [7, 11) is 1.47. The number of Topliss-reactive ketones (excluding diaryl/α,β-unsaturated/α-hetero) is 1. The van der Waals surface area contributed by atoms with E-state index in [0.29, 0.717) is 42.1 Å². The second kappa shape index (κ2) is 12.7. The number of piperazine rings is 1. The van der Waals surface area contributed by atoms with E-state index in [1.165, 1.54) is 7.11 Å². The van der Waals surface area contributed by atoms with E-state index in [1.54, 1.807) is 18.2 Å². The summed E-state index contributed by atoms with van der Waals surface area (Å²) in [6, 6.07) is 14.4. The van der Waals surface area contributed by atoms with Gasteiger partial charge in [0.1, 0.15) is 5.75 Å². The van der Waals surface area contributed by atoms with Crippen LogP contribution in [0, 0.1) is 0 Å². The van der Waals surface area contributed by atoms with Crippen LogP contribution in [0.3, 0.4) is 0 Å². The Morgan fingerprint density at radius 3 is 2.20 bits per heavy atom. The zero-order chi connectivity index (χ0) is 29.7. The van der Waals surface area contributed by atoms with E-state index in [-0.39, 0.29) is 22.6 Å². The van der Waals surface area contributed by atoms with Gasteiger partial charge in [-0.05, 0) is 53.6 Å². The van der Waals surface area contributed by atoms with Crippen LogP contribution in [-0.2, 0) is 10.2 Å². The summed E-state index contributed by atoms with van der Waals surface area (Å²) in [5, 5.41) is 4.18. The van der Waals surface area contributed by atoms with Gasteiger partial charge < -0.3 is 24.6 Å². The van der Waals surface area contributed by atoms with Crippen molar-refractivity contribution < 1.29 is 23.9 Å². The first-order valence-corrected chi connectivity index (χ1v) is 14.3. The third-order valence-electron chi connectivity index (χ3n) is 7.54. The van der Waals surface area contributed by atoms with E-state index in [4.69, 9.17) is 9.47 Å². The van der Waals surface area contributed by atoms with Crippen LogP contribution in [0.5, 0.6) is 11.5 Å². The summed E-state index contributed by atoms with van der Waals surface area (Å²) in [4.78, 5) is 44.8. The zero-order valence-corrected chi connectivity index (χ0v) is 25.0. The van der Waals surface area contributed by atoms with Gasteiger partial charge in [-0.1, -0.05) is 58.9 Å². The minimum Gasteiger partial charge on any atom is -0.494 e. The minimum absolute atomic E-state index is 0.154. The molecule has 3 aromatic carbocycles. The number of carbonyl (C=O) groups is 3. The van der Waals surface area contributed by atoms with Gasteiger partial charge in [0, 0.05) is 37.1 Å². The number of hydrogen-bond donors (Lipinski definition) is 1. The molecule has 0 unspecified atom stereocenters. The van der Waals surface area contributed by atoms with E-state index >= 15 is 0 Å². The molecule has 0 radical (unpaired) electrons. The summed E-state index contributed by atoms with van der Waals surface area (Å²) < 4.78 is 11.6. The summed E-state index contributed by atoms with van der Waals surface area (Å²) in [5.74, 6) is -0.733. The van der Waals surface area contributed by atoms with Crippen LogP contribution in [0.25, 0.3) is 10.8 Å². The Morgan fingerprint density at radius 1 is 0.902 bits per heavy atom. The zero-order valence-electron chi connectivity index (χ0n) is 25.0.